The quantitative estimate of drug-likeness (QED) is 0.777. The predicted octanol–water partition coefficient (Wildman–Crippen LogP) is 3.68. The van der Waals surface area contributed by atoms with Gasteiger partial charge in [0.05, 0.1) is 5.25 Å². The molecule has 6 heteroatoms. The van der Waals surface area contributed by atoms with E-state index in [1.54, 1.807) is 20.9 Å². The lowest BCUT2D eigenvalue weighted by Gasteiger charge is -2.23. The Morgan fingerprint density at radius 2 is 1.54 bits per heavy atom. The summed E-state index contributed by atoms with van der Waals surface area (Å²) >= 11 is 0. The summed E-state index contributed by atoms with van der Waals surface area (Å²) in [6.45, 7) is 3.41. The van der Waals surface area contributed by atoms with Crippen LogP contribution < -0.4 is 10.0 Å². The van der Waals surface area contributed by atoms with Gasteiger partial charge in [-0.05, 0) is 55.5 Å². The van der Waals surface area contributed by atoms with Gasteiger partial charge in [-0.3, -0.25) is 4.79 Å². The van der Waals surface area contributed by atoms with Crippen LogP contribution in [0, 0.1) is 0 Å². The van der Waals surface area contributed by atoms with Crippen LogP contribution >= 0.6 is 0 Å². The number of rotatable bonds is 6. The Kier molecular flexibility index (Phi) is 6.20. The minimum Gasteiger partial charge on any atom is -0.355 e. The Balaban J connectivity index is 1.75. The molecule has 0 spiro atoms. The van der Waals surface area contributed by atoms with Gasteiger partial charge in [-0.25, -0.2) is 13.1 Å². The molecular formula is C22H28N2O3S. The molecule has 2 N–H and O–H groups in total. The van der Waals surface area contributed by atoms with Crippen LogP contribution in [0.4, 0.5) is 0 Å². The number of sulfonamides is 1. The molecule has 0 bridgehead atoms. The zero-order chi connectivity index (χ0) is 20.3. The molecule has 1 fully saturated rings. The van der Waals surface area contributed by atoms with Crippen LogP contribution in [0.2, 0.25) is 0 Å². The molecule has 1 amide bonds. The number of carbonyl (C=O) groups is 1. The number of hydrogen-bond donors (Lipinski definition) is 2. The summed E-state index contributed by atoms with van der Waals surface area (Å²) < 4.78 is 27.4. The molecule has 28 heavy (non-hydrogen) atoms. The smallest absolute Gasteiger partial charge is 0.251 e. The molecule has 0 aromatic heterocycles. The second kappa shape index (κ2) is 8.45. The standard InChI is InChI=1S/C22H28N2O3S/c1-15(2)28(26,27)24-21-6-4-5-20(21)18-11-7-16(8-12-18)17-9-13-19(14-10-17)22(25)23-3/h7-15,20-21,24H,4-6H2,1-3H3,(H,23,25)/t20-,21-/m0/s1. The first-order chi connectivity index (χ1) is 13.3. The third kappa shape index (κ3) is 4.45. The van der Waals surface area contributed by atoms with Crippen molar-refractivity contribution in [1.82, 2.24) is 10.0 Å². The molecule has 1 aliphatic carbocycles. The van der Waals surface area contributed by atoms with Crippen molar-refractivity contribution < 1.29 is 13.2 Å². The van der Waals surface area contributed by atoms with E-state index in [1.807, 2.05) is 24.3 Å². The lowest BCUT2D eigenvalue weighted by Crippen LogP contribution is -2.40. The maximum absolute atomic E-state index is 12.3. The minimum absolute atomic E-state index is 0.0370. The molecule has 0 heterocycles. The first-order valence-corrected chi connectivity index (χ1v) is 11.3. The maximum Gasteiger partial charge on any atom is 0.251 e. The van der Waals surface area contributed by atoms with E-state index in [0.29, 0.717) is 5.56 Å². The summed E-state index contributed by atoms with van der Waals surface area (Å²) in [5.41, 5.74) is 3.92. The van der Waals surface area contributed by atoms with Gasteiger partial charge < -0.3 is 5.32 Å². The van der Waals surface area contributed by atoms with E-state index >= 15 is 0 Å². The van der Waals surface area contributed by atoms with Crippen molar-refractivity contribution >= 4 is 15.9 Å². The van der Waals surface area contributed by atoms with Crippen molar-refractivity contribution in [2.24, 2.45) is 0 Å². The predicted molar refractivity (Wildman–Crippen MR) is 113 cm³/mol. The number of carbonyl (C=O) groups excluding carboxylic acids is 1. The van der Waals surface area contributed by atoms with E-state index in [1.165, 1.54) is 5.56 Å². The Bertz CT molecular complexity index is 919. The highest BCUT2D eigenvalue weighted by atomic mass is 32.2. The monoisotopic (exact) mass is 400 g/mol. The van der Waals surface area contributed by atoms with Crippen LogP contribution in [0.25, 0.3) is 11.1 Å². The lowest BCUT2D eigenvalue weighted by atomic mass is 9.92. The van der Waals surface area contributed by atoms with Crippen molar-refractivity contribution in [2.45, 2.75) is 50.3 Å². The zero-order valence-electron chi connectivity index (χ0n) is 16.6. The summed E-state index contributed by atoms with van der Waals surface area (Å²) in [7, 11) is -1.65. The summed E-state index contributed by atoms with van der Waals surface area (Å²) in [4.78, 5) is 11.7. The van der Waals surface area contributed by atoms with Gasteiger partial charge in [0.1, 0.15) is 0 Å². The van der Waals surface area contributed by atoms with E-state index in [0.717, 1.165) is 30.4 Å². The number of amides is 1. The summed E-state index contributed by atoms with van der Waals surface area (Å²) in [5.74, 6) is 0.108. The largest absolute Gasteiger partial charge is 0.355 e. The van der Waals surface area contributed by atoms with Crippen LogP contribution in [0.5, 0.6) is 0 Å². The zero-order valence-corrected chi connectivity index (χ0v) is 17.4. The van der Waals surface area contributed by atoms with E-state index in [-0.39, 0.29) is 17.9 Å². The third-order valence-electron chi connectivity index (χ3n) is 5.50. The molecule has 150 valence electrons. The Hall–Kier alpha value is -2.18. The molecule has 0 radical (unpaired) electrons. The van der Waals surface area contributed by atoms with Gasteiger partial charge in [0, 0.05) is 24.6 Å². The maximum atomic E-state index is 12.3. The molecular weight excluding hydrogens is 372 g/mol. The molecule has 0 saturated heterocycles. The molecule has 0 unspecified atom stereocenters. The van der Waals surface area contributed by atoms with Crippen molar-refractivity contribution in [1.29, 1.82) is 0 Å². The summed E-state index contributed by atoms with van der Waals surface area (Å²) in [5, 5.41) is 2.20. The summed E-state index contributed by atoms with van der Waals surface area (Å²) in [6.07, 6.45) is 2.89. The fourth-order valence-corrected chi connectivity index (χ4v) is 4.70. The number of benzene rings is 2. The first kappa shape index (κ1) is 20.6. The van der Waals surface area contributed by atoms with E-state index < -0.39 is 15.3 Å². The third-order valence-corrected chi connectivity index (χ3v) is 7.37. The second-order valence-corrected chi connectivity index (χ2v) is 9.90. The SMILES string of the molecule is CNC(=O)c1ccc(-c2ccc([C@@H]3CCC[C@@H]3NS(=O)(=O)C(C)C)cc2)cc1. The molecule has 2 aromatic rings. The average molecular weight is 401 g/mol. The van der Waals surface area contributed by atoms with E-state index in [9.17, 15) is 13.2 Å². The Morgan fingerprint density at radius 3 is 2.07 bits per heavy atom. The van der Waals surface area contributed by atoms with Gasteiger partial charge in [0.2, 0.25) is 10.0 Å². The summed E-state index contributed by atoms with van der Waals surface area (Å²) in [6, 6.07) is 15.8. The lowest BCUT2D eigenvalue weighted by molar-refractivity contribution is 0.0963. The number of hydrogen-bond acceptors (Lipinski definition) is 3. The van der Waals surface area contributed by atoms with Crippen molar-refractivity contribution in [3.8, 4) is 11.1 Å². The van der Waals surface area contributed by atoms with Crippen LogP contribution in [0.3, 0.4) is 0 Å². The van der Waals surface area contributed by atoms with Crippen LogP contribution in [0.15, 0.2) is 48.5 Å². The molecule has 1 aliphatic rings. The molecule has 2 atom stereocenters. The van der Waals surface area contributed by atoms with Crippen LogP contribution in [-0.2, 0) is 10.0 Å². The normalized spacial score (nSPS) is 19.7. The van der Waals surface area contributed by atoms with Gasteiger partial charge in [0.25, 0.3) is 5.91 Å². The highest BCUT2D eigenvalue weighted by molar-refractivity contribution is 7.90. The van der Waals surface area contributed by atoms with Gasteiger partial charge >= 0.3 is 0 Å². The minimum atomic E-state index is -3.27. The van der Waals surface area contributed by atoms with Gasteiger partial charge in [-0.2, -0.15) is 0 Å². The van der Waals surface area contributed by atoms with Crippen molar-refractivity contribution in [2.75, 3.05) is 7.05 Å². The van der Waals surface area contributed by atoms with Gasteiger partial charge in [0.15, 0.2) is 0 Å². The molecule has 5 nitrogen and oxygen atoms in total. The highest BCUT2D eigenvalue weighted by Gasteiger charge is 2.32. The first-order valence-electron chi connectivity index (χ1n) is 9.75. The fraction of sp³-hybridized carbons (Fsp3) is 0.409. The van der Waals surface area contributed by atoms with Crippen molar-refractivity contribution in [3.63, 3.8) is 0 Å². The van der Waals surface area contributed by atoms with E-state index in [2.05, 4.69) is 34.3 Å². The fourth-order valence-electron chi connectivity index (χ4n) is 3.73. The van der Waals surface area contributed by atoms with Gasteiger partial charge in [-0.1, -0.05) is 42.8 Å². The molecule has 2 aromatic carbocycles. The van der Waals surface area contributed by atoms with Crippen LogP contribution in [0.1, 0.15) is 54.9 Å². The molecule has 0 aliphatic heterocycles. The average Bonchev–Trinajstić information content (AvgIpc) is 3.15. The molecule has 3 rings (SSSR count). The Morgan fingerprint density at radius 1 is 0.964 bits per heavy atom. The topological polar surface area (TPSA) is 75.3 Å². The Labute approximate surface area is 167 Å². The van der Waals surface area contributed by atoms with Crippen molar-refractivity contribution in [3.05, 3.63) is 59.7 Å². The van der Waals surface area contributed by atoms with E-state index in [4.69, 9.17) is 0 Å². The van der Waals surface area contributed by atoms with Gasteiger partial charge in [-0.15, -0.1) is 0 Å². The molecule has 1 saturated carbocycles. The number of nitrogens with one attached hydrogen (secondary N) is 2. The van der Waals surface area contributed by atoms with Crippen LogP contribution in [-0.4, -0.2) is 32.7 Å². The highest BCUT2D eigenvalue weighted by Crippen LogP contribution is 2.36. The second-order valence-electron chi connectivity index (χ2n) is 7.63.